The Hall–Kier alpha value is -5.33. The van der Waals surface area contributed by atoms with Gasteiger partial charge in [0.2, 0.25) is 17.7 Å². The molecular weight excluding hydrogens is 576 g/mol. The highest BCUT2D eigenvalue weighted by molar-refractivity contribution is 5.98. The summed E-state index contributed by atoms with van der Waals surface area (Å²) in [6.45, 7) is 3.99. The highest BCUT2D eigenvalue weighted by atomic mass is 16.3. The third-order valence-corrected chi connectivity index (χ3v) is 7.55. The predicted octanol–water partition coefficient (Wildman–Crippen LogP) is 2.51. The number of aromatic nitrogens is 4. The van der Waals surface area contributed by atoms with Crippen LogP contribution in [-0.4, -0.2) is 62.0 Å². The number of nitrogens with one attached hydrogen (secondary N) is 4. The van der Waals surface area contributed by atoms with Crippen LogP contribution >= 0.6 is 0 Å². The molecule has 13 nitrogen and oxygen atoms in total. The van der Waals surface area contributed by atoms with Crippen molar-refractivity contribution in [1.82, 2.24) is 41.0 Å². The van der Waals surface area contributed by atoms with Crippen molar-refractivity contribution in [2.24, 2.45) is 5.92 Å². The summed E-state index contributed by atoms with van der Waals surface area (Å²) < 4.78 is 7.33. The quantitative estimate of drug-likeness (QED) is 0.257. The van der Waals surface area contributed by atoms with E-state index in [1.807, 2.05) is 50.2 Å². The van der Waals surface area contributed by atoms with Gasteiger partial charge in [0.1, 0.15) is 37.0 Å². The fourth-order valence-corrected chi connectivity index (χ4v) is 5.07. The molecule has 0 radical (unpaired) electrons. The van der Waals surface area contributed by atoms with Crippen LogP contribution in [0.5, 0.6) is 0 Å². The van der Waals surface area contributed by atoms with Gasteiger partial charge in [-0.05, 0) is 48.9 Å². The number of nitrogens with zero attached hydrogens (tertiary/aromatic N) is 4. The van der Waals surface area contributed by atoms with E-state index in [1.54, 1.807) is 22.8 Å². The summed E-state index contributed by atoms with van der Waals surface area (Å²) in [5.74, 6) is -1.88. The minimum atomic E-state index is -0.930. The molecule has 2 aromatic carbocycles. The molecule has 0 saturated heterocycles. The lowest BCUT2D eigenvalue weighted by atomic mass is 10.00. The van der Waals surface area contributed by atoms with Crippen molar-refractivity contribution in [2.45, 2.75) is 57.7 Å². The molecule has 4 aromatic rings. The Morgan fingerprint density at radius 1 is 1.00 bits per heavy atom. The van der Waals surface area contributed by atoms with Gasteiger partial charge < -0.3 is 25.7 Å². The molecule has 0 aliphatic carbocycles. The number of benzene rings is 2. The highest BCUT2D eigenvalue weighted by Crippen LogP contribution is 2.20. The lowest BCUT2D eigenvalue weighted by molar-refractivity contribution is -0.131. The molecular formula is C32H36N8O5. The summed E-state index contributed by atoms with van der Waals surface area (Å²) in [5.41, 5.74) is 2.06. The van der Waals surface area contributed by atoms with Crippen LogP contribution in [0.2, 0.25) is 0 Å². The van der Waals surface area contributed by atoms with E-state index in [-0.39, 0.29) is 23.9 Å². The Bertz CT molecular complexity index is 1620. The number of hydrogen-bond donors (Lipinski definition) is 4. The Morgan fingerprint density at radius 2 is 1.78 bits per heavy atom. The van der Waals surface area contributed by atoms with Gasteiger partial charge >= 0.3 is 0 Å². The van der Waals surface area contributed by atoms with Crippen LogP contribution < -0.4 is 21.3 Å². The summed E-state index contributed by atoms with van der Waals surface area (Å²) >= 11 is 0. The van der Waals surface area contributed by atoms with Crippen LogP contribution in [0.3, 0.4) is 0 Å². The van der Waals surface area contributed by atoms with E-state index in [1.165, 1.54) is 18.9 Å². The summed E-state index contributed by atoms with van der Waals surface area (Å²) in [6, 6.07) is 13.8. The maximum atomic E-state index is 13.7. The number of fused-ring (bicyclic) bond motifs is 2. The molecule has 1 aliphatic heterocycles. The molecule has 234 valence electrons. The molecule has 1 aliphatic rings. The second kappa shape index (κ2) is 14.4. The Morgan fingerprint density at radius 3 is 2.53 bits per heavy atom. The number of oxazole rings is 1. The zero-order valence-electron chi connectivity index (χ0n) is 25.1. The van der Waals surface area contributed by atoms with Gasteiger partial charge in [0, 0.05) is 24.2 Å². The third-order valence-electron chi connectivity index (χ3n) is 7.55. The Balaban J connectivity index is 1.38. The van der Waals surface area contributed by atoms with Crippen molar-refractivity contribution in [2.75, 3.05) is 6.54 Å². The average Bonchev–Trinajstić information content (AvgIpc) is 3.76. The highest BCUT2D eigenvalue weighted by Gasteiger charge is 2.32. The van der Waals surface area contributed by atoms with Gasteiger partial charge in [-0.3, -0.25) is 23.7 Å². The number of hydrogen-bond acceptors (Lipinski definition) is 8. The average molecular weight is 613 g/mol. The number of rotatable bonds is 6. The molecule has 45 heavy (non-hydrogen) atoms. The monoisotopic (exact) mass is 612 g/mol. The maximum Gasteiger partial charge on any atom is 0.273 e. The van der Waals surface area contributed by atoms with Crippen molar-refractivity contribution in [3.8, 4) is 5.69 Å². The Labute approximate surface area is 260 Å². The van der Waals surface area contributed by atoms with Gasteiger partial charge in [-0.25, -0.2) is 4.98 Å². The summed E-state index contributed by atoms with van der Waals surface area (Å²) in [7, 11) is 0. The lowest BCUT2D eigenvalue weighted by Crippen LogP contribution is -2.56. The largest absolute Gasteiger partial charge is 0.446 e. The first-order chi connectivity index (χ1) is 21.8. The minimum absolute atomic E-state index is 0.108. The molecule has 13 heteroatoms. The smallest absolute Gasteiger partial charge is 0.273 e. The summed E-state index contributed by atoms with van der Waals surface area (Å²) in [4.78, 5) is 57.9. The molecule has 2 aromatic heterocycles. The molecule has 5 rings (SSSR count). The first-order valence-electron chi connectivity index (χ1n) is 14.9. The lowest BCUT2D eigenvalue weighted by Gasteiger charge is -2.27. The zero-order valence-corrected chi connectivity index (χ0v) is 25.1. The molecule has 0 spiro atoms. The van der Waals surface area contributed by atoms with E-state index < -0.39 is 41.8 Å². The van der Waals surface area contributed by atoms with Crippen molar-refractivity contribution < 1.29 is 23.6 Å². The second-order valence-electron chi connectivity index (χ2n) is 11.2. The topological polar surface area (TPSA) is 173 Å². The predicted molar refractivity (Wildman–Crippen MR) is 163 cm³/mol. The Kier molecular flexibility index (Phi) is 9.97. The van der Waals surface area contributed by atoms with Gasteiger partial charge in [-0.2, -0.15) is 0 Å². The van der Waals surface area contributed by atoms with Gasteiger partial charge in [0.15, 0.2) is 5.69 Å². The fourth-order valence-electron chi connectivity index (χ4n) is 5.07. The second-order valence-corrected chi connectivity index (χ2v) is 11.2. The van der Waals surface area contributed by atoms with Crippen molar-refractivity contribution in [3.63, 3.8) is 0 Å². The van der Waals surface area contributed by atoms with E-state index in [2.05, 4.69) is 36.4 Å². The van der Waals surface area contributed by atoms with E-state index in [4.69, 9.17) is 4.42 Å². The number of carbonyl (C=O) groups excluding carboxylic acids is 4. The molecule has 3 atom stereocenters. The van der Waals surface area contributed by atoms with Gasteiger partial charge in [0.25, 0.3) is 11.8 Å². The fraction of sp³-hybridized carbons (Fsp3) is 0.344. The molecule has 3 heterocycles. The minimum Gasteiger partial charge on any atom is -0.446 e. The first kappa shape index (κ1) is 31.1. The SMILES string of the molecule is CC(C)[C@@H]1NC(=O)[C@@H](NC(=O)c2cccc(-n3cnnc3)c2)CCCCNC(=O)c2coc(n2)[C@@H](Cc2ccccc2)NC1=O. The molecule has 0 saturated carbocycles. The van der Waals surface area contributed by atoms with E-state index in [0.717, 1.165) is 5.56 Å². The van der Waals surface area contributed by atoms with Crippen LogP contribution in [0.15, 0.2) is 77.9 Å². The molecule has 2 bridgehead atoms. The normalized spacial score (nSPS) is 19.8. The van der Waals surface area contributed by atoms with Crippen molar-refractivity contribution in [3.05, 3.63) is 96.2 Å². The molecule has 4 amide bonds. The van der Waals surface area contributed by atoms with Crippen LogP contribution in [0.1, 0.15) is 71.5 Å². The standard InChI is InChI=1S/C32H36N8O5/c1-20(2)27-31(44)37-25(15-21-9-4-3-5-10-21)32-38-26(17-45-32)29(42)33-14-7-6-13-24(30(43)39-27)36-28(41)22-11-8-12-23(16-22)40-18-34-35-19-40/h3-5,8-12,16-20,24-25,27H,6-7,13-15H2,1-2H3,(H,33,42)(H,36,41)(H,37,44)(H,39,43)/t24-,25+,27-/m0/s1. The van der Waals surface area contributed by atoms with Gasteiger partial charge in [-0.1, -0.05) is 50.2 Å². The first-order valence-corrected chi connectivity index (χ1v) is 14.9. The summed E-state index contributed by atoms with van der Waals surface area (Å²) in [5, 5.41) is 19.1. The maximum absolute atomic E-state index is 13.7. The molecule has 4 N–H and O–H groups in total. The van der Waals surface area contributed by atoms with Crippen LogP contribution in [0.4, 0.5) is 0 Å². The number of carbonyl (C=O) groups is 4. The number of amides is 4. The summed E-state index contributed by atoms with van der Waals surface area (Å²) in [6.07, 6.45) is 6.01. The van der Waals surface area contributed by atoms with Gasteiger partial charge in [-0.15, -0.1) is 10.2 Å². The molecule has 0 unspecified atom stereocenters. The third kappa shape index (κ3) is 7.99. The van der Waals surface area contributed by atoms with Crippen LogP contribution in [-0.2, 0) is 16.0 Å². The van der Waals surface area contributed by atoms with Crippen LogP contribution in [0, 0.1) is 5.92 Å². The van der Waals surface area contributed by atoms with Crippen LogP contribution in [0.25, 0.3) is 5.69 Å². The van der Waals surface area contributed by atoms with E-state index in [9.17, 15) is 19.2 Å². The van der Waals surface area contributed by atoms with Gasteiger partial charge in [0.05, 0.1) is 0 Å². The van der Waals surface area contributed by atoms with Crippen molar-refractivity contribution in [1.29, 1.82) is 0 Å². The zero-order chi connectivity index (χ0) is 31.8. The van der Waals surface area contributed by atoms with E-state index in [0.29, 0.717) is 37.1 Å². The van der Waals surface area contributed by atoms with Crippen molar-refractivity contribution >= 4 is 23.6 Å². The van der Waals surface area contributed by atoms with E-state index >= 15 is 0 Å². The molecule has 0 fully saturated rings.